The molecule has 2 aromatic rings. The average molecular weight is 386 g/mol. The number of benzene rings is 1. The molecule has 0 N–H and O–H groups in total. The predicted octanol–water partition coefficient (Wildman–Crippen LogP) is 3.07. The molecule has 0 spiro atoms. The summed E-state index contributed by atoms with van der Waals surface area (Å²) >= 11 is 0. The molecule has 1 aromatic carbocycles. The van der Waals surface area contributed by atoms with E-state index in [0.717, 1.165) is 6.42 Å². The molecule has 2 amide bonds. The van der Waals surface area contributed by atoms with E-state index >= 15 is 0 Å². The van der Waals surface area contributed by atoms with Crippen LogP contribution in [0.3, 0.4) is 0 Å². The third-order valence-corrected chi connectivity index (χ3v) is 4.57. The second-order valence-corrected chi connectivity index (χ2v) is 6.54. The number of ether oxygens (including phenoxy) is 2. The van der Waals surface area contributed by atoms with E-state index in [9.17, 15) is 9.59 Å². The average Bonchev–Trinajstić information content (AvgIpc) is 3.27. The van der Waals surface area contributed by atoms with Gasteiger partial charge in [0.1, 0.15) is 6.26 Å². The first-order chi connectivity index (χ1) is 13.6. The van der Waals surface area contributed by atoms with Crippen molar-refractivity contribution in [3.05, 3.63) is 47.9 Å². The largest absolute Gasteiger partial charge is 0.490 e. The zero-order valence-electron chi connectivity index (χ0n) is 16.3. The molecule has 3 rings (SSSR count). The van der Waals surface area contributed by atoms with Gasteiger partial charge in [-0.25, -0.2) is 0 Å². The Morgan fingerprint density at radius 1 is 0.929 bits per heavy atom. The van der Waals surface area contributed by atoms with Crippen molar-refractivity contribution in [2.75, 3.05) is 39.4 Å². The van der Waals surface area contributed by atoms with Gasteiger partial charge in [0.2, 0.25) is 0 Å². The fourth-order valence-electron chi connectivity index (χ4n) is 3.10. The van der Waals surface area contributed by atoms with Gasteiger partial charge >= 0.3 is 0 Å². The Balaban J connectivity index is 1.64. The minimum Gasteiger partial charge on any atom is -0.490 e. The van der Waals surface area contributed by atoms with Crippen LogP contribution < -0.4 is 9.47 Å². The molecule has 0 saturated carbocycles. The molecule has 0 bridgehead atoms. The Morgan fingerprint density at radius 3 is 2.18 bits per heavy atom. The zero-order chi connectivity index (χ0) is 19.9. The standard InChI is InChI=1S/C21H26N2O5/c1-3-12-28-18-6-5-16(14-19(18)27-4-2)20(24)22-8-10-23(11-9-22)21(25)17-7-13-26-15-17/h5-7,13-15H,3-4,8-12H2,1-2H3. The Hall–Kier alpha value is -2.96. The molecular weight excluding hydrogens is 360 g/mol. The third kappa shape index (κ3) is 4.47. The number of piperazine rings is 1. The van der Waals surface area contributed by atoms with Crippen LogP contribution in [-0.4, -0.2) is 61.0 Å². The molecule has 2 heterocycles. The lowest BCUT2D eigenvalue weighted by molar-refractivity contribution is 0.0535. The van der Waals surface area contributed by atoms with E-state index in [1.165, 1.54) is 12.5 Å². The van der Waals surface area contributed by atoms with Crippen LogP contribution in [0.4, 0.5) is 0 Å². The third-order valence-electron chi connectivity index (χ3n) is 4.57. The summed E-state index contributed by atoms with van der Waals surface area (Å²) in [5.74, 6) is 1.08. The van der Waals surface area contributed by atoms with Crippen LogP contribution in [0.15, 0.2) is 41.2 Å². The number of carbonyl (C=O) groups is 2. The van der Waals surface area contributed by atoms with Crippen molar-refractivity contribution < 1.29 is 23.5 Å². The smallest absolute Gasteiger partial charge is 0.257 e. The predicted molar refractivity (Wildman–Crippen MR) is 104 cm³/mol. The number of hydrogen-bond acceptors (Lipinski definition) is 5. The lowest BCUT2D eigenvalue weighted by Crippen LogP contribution is -2.50. The van der Waals surface area contributed by atoms with Crippen molar-refractivity contribution in [3.63, 3.8) is 0 Å². The molecule has 7 heteroatoms. The molecule has 1 aromatic heterocycles. The van der Waals surface area contributed by atoms with Crippen LogP contribution in [0.5, 0.6) is 11.5 Å². The summed E-state index contributed by atoms with van der Waals surface area (Å²) in [6.07, 6.45) is 3.82. The summed E-state index contributed by atoms with van der Waals surface area (Å²) in [4.78, 5) is 28.8. The van der Waals surface area contributed by atoms with Crippen LogP contribution in [0.1, 0.15) is 41.0 Å². The van der Waals surface area contributed by atoms with Crippen molar-refractivity contribution in [1.82, 2.24) is 9.80 Å². The summed E-state index contributed by atoms with van der Waals surface area (Å²) in [6, 6.07) is 6.93. The van der Waals surface area contributed by atoms with Gasteiger partial charge < -0.3 is 23.7 Å². The van der Waals surface area contributed by atoms with Crippen molar-refractivity contribution in [3.8, 4) is 11.5 Å². The van der Waals surface area contributed by atoms with Gasteiger partial charge in [-0.1, -0.05) is 6.92 Å². The molecule has 28 heavy (non-hydrogen) atoms. The molecule has 1 fully saturated rings. The fraction of sp³-hybridized carbons (Fsp3) is 0.429. The highest BCUT2D eigenvalue weighted by Gasteiger charge is 2.26. The van der Waals surface area contributed by atoms with Gasteiger partial charge in [0, 0.05) is 31.7 Å². The van der Waals surface area contributed by atoms with E-state index in [4.69, 9.17) is 13.9 Å². The lowest BCUT2D eigenvalue weighted by atomic mass is 10.1. The van der Waals surface area contributed by atoms with Crippen molar-refractivity contribution in [2.24, 2.45) is 0 Å². The van der Waals surface area contributed by atoms with E-state index in [0.29, 0.717) is 62.0 Å². The van der Waals surface area contributed by atoms with Crippen LogP contribution in [0.25, 0.3) is 0 Å². The Bertz CT molecular complexity index is 795. The molecule has 0 atom stereocenters. The number of furan rings is 1. The second-order valence-electron chi connectivity index (χ2n) is 6.54. The Kier molecular flexibility index (Phi) is 6.57. The number of rotatable bonds is 7. The van der Waals surface area contributed by atoms with Crippen LogP contribution >= 0.6 is 0 Å². The van der Waals surface area contributed by atoms with E-state index in [-0.39, 0.29) is 11.8 Å². The highest BCUT2D eigenvalue weighted by molar-refractivity contribution is 5.96. The normalized spacial score (nSPS) is 14.1. The summed E-state index contributed by atoms with van der Waals surface area (Å²) in [5, 5.41) is 0. The first kappa shape index (κ1) is 19.8. The molecule has 1 aliphatic heterocycles. The minimum absolute atomic E-state index is 0.0709. The summed E-state index contributed by atoms with van der Waals surface area (Å²) < 4.78 is 16.3. The number of nitrogens with zero attached hydrogens (tertiary/aromatic N) is 2. The van der Waals surface area contributed by atoms with E-state index in [2.05, 4.69) is 0 Å². The SMILES string of the molecule is CCCOc1ccc(C(=O)N2CCN(C(=O)c3ccoc3)CC2)cc1OCC. The van der Waals surface area contributed by atoms with Crippen LogP contribution in [-0.2, 0) is 0 Å². The van der Waals surface area contributed by atoms with Gasteiger partial charge in [0.05, 0.1) is 25.0 Å². The molecule has 0 unspecified atom stereocenters. The number of carbonyl (C=O) groups excluding carboxylic acids is 2. The highest BCUT2D eigenvalue weighted by Crippen LogP contribution is 2.29. The summed E-state index contributed by atoms with van der Waals surface area (Å²) in [6.45, 7) is 6.98. The van der Waals surface area contributed by atoms with Crippen molar-refractivity contribution in [2.45, 2.75) is 20.3 Å². The van der Waals surface area contributed by atoms with Crippen molar-refractivity contribution >= 4 is 11.8 Å². The van der Waals surface area contributed by atoms with Gasteiger partial charge in [-0.3, -0.25) is 9.59 Å². The first-order valence-corrected chi connectivity index (χ1v) is 9.64. The molecule has 7 nitrogen and oxygen atoms in total. The van der Waals surface area contributed by atoms with Gasteiger partial charge in [-0.15, -0.1) is 0 Å². The molecule has 0 radical (unpaired) electrons. The van der Waals surface area contributed by atoms with Crippen LogP contribution in [0, 0.1) is 0 Å². The maximum absolute atomic E-state index is 12.9. The first-order valence-electron chi connectivity index (χ1n) is 9.64. The fourth-order valence-corrected chi connectivity index (χ4v) is 3.10. The molecule has 1 aliphatic rings. The van der Waals surface area contributed by atoms with Gasteiger partial charge in [0.25, 0.3) is 11.8 Å². The summed E-state index contributed by atoms with van der Waals surface area (Å²) in [5.41, 5.74) is 1.09. The van der Waals surface area contributed by atoms with Crippen molar-refractivity contribution in [1.29, 1.82) is 0 Å². The second kappa shape index (κ2) is 9.30. The molecule has 150 valence electrons. The number of amides is 2. The number of hydrogen-bond donors (Lipinski definition) is 0. The Morgan fingerprint density at radius 2 is 1.61 bits per heavy atom. The lowest BCUT2D eigenvalue weighted by Gasteiger charge is -2.34. The van der Waals surface area contributed by atoms with Crippen LogP contribution in [0.2, 0.25) is 0 Å². The topological polar surface area (TPSA) is 72.2 Å². The maximum atomic E-state index is 12.9. The Labute approximate surface area is 164 Å². The highest BCUT2D eigenvalue weighted by atomic mass is 16.5. The summed E-state index contributed by atoms with van der Waals surface area (Å²) in [7, 11) is 0. The van der Waals surface area contributed by atoms with E-state index < -0.39 is 0 Å². The quantitative estimate of drug-likeness (QED) is 0.731. The van der Waals surface area contributed by atoms with Gasteiger partial charge in [-0.2, -0.15) is 0 Å². The monoisotopic (exact) mass is 386 g/mol. The molecule has 0 aliphatic carbocycles. The molecular formula is C21H26N2O5. The minimum atomic E-state index is -0.0723. The molecule has 1 saturated heterocycles. The van der Waals surface area contributed by atoms with Gasteiger partial charge in [0.15, 0.2) is 11.5 Å². The van der Waals surface area contributed by atoms with Gasteiger partial charge in [-0.05, 0) is 37.6 Å². The zero-order valence-corrected chi connectivity index (χ0v) is 16.3. The van der Waals surface area contributed by atoms with E-state index in [1.807, 2.05) is 13.8 Å². The van der Waals surface area contributed by atoms with E-state index in [1.54, 1.807) is 34.1 Å². The maximum Gasteiger partial charge on any atom is 0.257 e.